The fourth-order valence-corrected chi connectivity index (χ4v) is 3.18. The van der Waals surface area contributed by atoms with E-state index in [2.05, 4.69) is 10.3 Å². The number of carbonyl (C=O) groups excluding carboxylic acids is 1. The predicted molar refractivity (Wildman–Crippen MR) is 92.3 cm³/mol. The third-order valence-corrected chi connectivity index (χ3v) is 4.52. The number of hydrogen-bond acceptors (Lipinski definition) is 3. The highest BCUT2D eigenvalue weighted by atomic mass is 32.1. The number of rotatable bonds is 4. The molecule has 0 fully saturated rings. The summed E-state index contributed by atoms with van der Waals surface area (Å²) in [5.41, 5.74) is 0.937. The van der Waals surface area contributed by atoms with Crippen LogP contribution in [0.5, 0.6) is 0 Å². The van der Waals surface area contributed by atoms with Crippen LogP contribution in [0.1, 0.15) is 39.2 Å². The Hall–Kier alpha value is -2.22. The van der Waals surface area contributed by atoms with E-state index in [1.165, 1.54) is 20.7 Å². The van der Waals surface area contributed by atoms with Crippen LogP contribution < -0.4 is 15.8 Å². The van der Waals surface area contributed by atoms with E-state index in [1.807, 2.05) is 20.8 Å². The minimum Gasteiger partial charge on any atom is -0.336 e. The van der Waals surface area contributed by atoms with Crippen molar-refractivity contribution in [1.29, 1.82) is 0 Å². The third-order valence-electron chi connectivity index (χ3n) is 3.45. The third kappa shape index (κ3) is 3.64. The Kier molecular flexibility index (Phi) is 5.71. The number of halogens is 1. The summed E-state index contributed by atoms with van der Waals surface area (Å²) in [6.45, 7) is 8.38. The molecule has 6 nitrogen and oxygen atoms in total. The molecule has 1 N–H and O–H groups in total. The summed E-state index contributed by atoms with van der Waals surface area (Å²) in [5.74, 6) is -0.355. The zero-order valence-corrected chi connectivity index (χ0v) is 15.0. The van der Waals surface area contributed by atoms with Crippen LogP contribution in [0.4, 0.5) is 9.18 Å². The van der Waals surface area contributed by atoms with Crippen LogP contribution >= 0.6 is 11.5 Å². The lowest BCUT2D eigenvalue weighted by atomic mass is 10.0. The van der Waals surface area contributed by atoms with Crippen molar-refractivity contribution < 1.29 is 9.18 Å². The highest BCUT2D eigenvalue weighted by Crippen LogP contribution is 2.22. The molecule has 0 aliphatic carbocycles. The Labute approximate surface area is 143 Å². The van der Waals surface area contributed by atoms with Crippen molar-refractivity contribution in [1.82, 2.24) is 13.8 Å². The highest BCUT2D eigenvalue weighted by molar-refractivity contribution is 7.03. The van der Waals surface area contributed by atoms with Gasteiger partial charge in [0.2, 0.25) is 4.80 Å². The van der Waals surface area contributed by atoms with E-state index < -0.39 is 6.03 Å². The molecule has 2 aromatic rings. The van der Waals surface area contributed by atoms with E-state index in [1.54, 1.807) is 13.0 Å². The zero-order chi connectivity index (χ0) is 17.9. The molecule has 2 amide bonds. The first kappa shape index (κ1) is 18.1. The number of nitrogens with zero attached hydrogens (tertiary/aromatic N) is 3. The molecular weight excluding hydrogens is 331 g/mol. The Balaban J connectivity index is 2.77. The SMILES string of the molecule is CCNC(=O)/N=c1/sn(CC)c(=O)n1-c1ccc(F)cc1C(C)C. The average Bonchev–Trinajstić information content (AvgIpc) is 2.83. The molecule has 0 bridgehead atoms. The van der Waals surface area contributed by atoms with Gasteiger partial charge in [0.05, 0.1) is 5.69 Å². The van der Waals surface area contributed by atoms with Crippen LogP contribution in [0.15, 0.2) is 28.0 Å². The summed E-state index contributed by atoms with van der Waals surface area (Å²) in [5, 5.41) is 2.58. The van der Waals surface area contributed by atoms with Crippen LogP contribution in [0.3, 0.4) is 0 Å². The largest absolute Gasteiger partial charge is 0.344 e. The molecule has 1 aromatic carbocycles. The van der Waals surface area contributed by atoms with E-state index >= 15 is 0 Å². The number of hydrogen-bond donors (Lipinski definition) is 1. The van der Waals surface area contributed by atoms with Crippen molar-refractivity contribution in [3.63, 3.8) is 0 Å². The number of carbonyl (C=O) groups is 1. The molecule has 0 saturated carbocycles. The monoisotopic (exact) mass is 352 g/mol. The van der Waals surface area contributed by atoms with Crippen molar-refractivity contribution in [3.05, 3.63) is 44.9 Å². The molecule has 24 heavy (non-hydrogen) atoms. The molecule has 0 saturated heterocycles. The van der Waals surface area contributed by atoms with Gasteiger partial charge in [-0.3, -0.25) is 0 Å². The van der Waals surface area contributed by atoms with Gasteiger partial charge in [0, 0.05) is 13.1 Å². The lowest BCUT2D eigenvalue weighted by Crippen LogP contribution is -2.30. The van der Waals surface area contributed by atoms with Crippen molar-refractivity contribution >= 4 is 17.6 Å². The molecule has 1 aromatic heterocycles. The lowest BCUT2D eigenvalue weighted by Gasteiger charge is -2.12. The minimum atomic E-state index is -0.510. The molecule has 0 aliphatic heterocycles. The van der Waals surface area contributed by atoms with Crippen molar-refractivity contribution in [3.8, 4) is 5.69 Å². The van der Waals surface area contributed by atoms with Crippen molar-refractivity contribution in [2.45, 2.75) is 40.2 Å². The molecule has 0 radical (unpaired) electrons. The Bertz CT molecular complexity index is 864. The topological polar surface area (TPSA) is 68.4 Å². The Morgan fingerprint density at radius 2 is 2.08 bits per heavy atom. The minimum absolute atomic E-state index is 0.00916. The van der Waals surface area contributed by atoms with E-state index in [9.17, 15) is 14.0 Å². The summed E-state index contributed by atoms with van der Waals surface area (Å²) < 4.78 is 16.5. The van der Waals surface area contributed by atoms with Crippen molar-refractivity contribution in [2.75, 3.05) is 6.54 Å². The Morgan fingerprint density at radius 1 is 1.38 bits per heavy atom. The molecule has 0 spiro atoms. The molecule has 130 valence electrons. The first-order valence-corrected chi connectivity index (χ1v) is 8.61. The van der Waals surface area contributed by atoms with E-state index in [4.69, 9.17) is 0 Å². The first-order chi connectivity index (χ1) is 11.4. The second kappa shape index (κ2) is 7.57. The molecule has 0 aliphatic rings. The smallest absolute Gasteiger partial charge is 0.336 e. The fraction of sp³-hybridized carbons (Fsp3) is 0.438. The zero-order valence-electron chi connectivity index (χ0n) is 14.2. The van der Waals surface area contributed by atoms with Gasteiger partial charge in [-0.15, -0.1) is 0 Å². The van der Waals surface area contributed by atoms with Gasteiger partial charge in [-0.1, -0.05) is 13.8 Å². The maximum Gasteiger partial charge on any atom is 0.344 e. The van der Waals surface area contributed by atoms with Crippen molar-refractivity contribution in [2.24, 2.45) is 4.99 Å². The van der Waals surface area contributed by atoms with Gasteiger partial charge < -0.3 is 5.32 Å². The van der Waals surface area contributed by atoms with Gasteiger partial charge in [-0.25, -0.2) is 22.5 Å². The standard InChI is InChI=1S/C16H21FN4O2S/c1-5-18-14(22)19-15-21(16(23)20(6-2)24-15)13-8-7-11(17)9-12(13)10(3)4/h7-10H,5-6H2,1-4H3,(H,18,22)/b19-15+. The molecule has 0 unspecified atom stereocenters. The number of urea groups is 1. The van der Waals surface area contributed by atoms with Gasteiger partial charge in [0.15, 0.2) is 0 Å². The molecule has 1 heterocycles. The van der Waals surface area contributed by atoms with Gasteiger partial charge in [0.1, 0.15) is 5.82 Å². The number of aryl methyl sites for hydroxylation is 1. The quantitative estimate of drug-likeness (QED) is 0.919. The number of aromatic nitrogens is 2. The second-order valence-corrected chi connectivity index (χ2v) is 6.48. The normalized spacial score (nSPS) is 12.0. The lowest BCUT2D eigenvalue weighted by molar-refractivity contribution is 0.249. The molecular formula is C16H21FN4O2S. The first-order valence-electron chi connectivity index (χ1n) is 7.84. The average molecular weight is 352 g/mol. The number of benzene rings is 1. The van der Waals surface area contributed by atoms with Crippen LogP contribution in [-0.2, 0) is 6.54 Å². The van der Waals surface area contributed by atoms with E-state index in [0.717, 1.165) is 11.5 Å². The summed E-state index contributed by atoms with van der Waals surface area (Å²) in [6, 6.07) is 3.76. The van der Waals surface area contributed by atoms with E-state index in [-0.39, 0.29) is 22.2 Å². The molecule has 0 atom stereocenters. The van der Waals surface area contributed by atoms with Crippen LogP contribution in [0.2, 0.25) is 0 Å². The number of nitrogens with one attached hydrogen (secondary N) is 1. The van der Waals surface area contributed by atoms with Gasteiger partial charge in [-0.05, 0) is 55.1 Å². The van der Waals surface area contributed by atoms with Gasteiger partial charge in [-0.2, -0.15) is 4.99 Å². The fourth-order valence-electron chi connectivity index (χ4n) is 2.32. The number of amides is 2. The summed E-state index contributed by atoms with van der Waals surface area (Å²) >= 11 is 1.11. The van der Waals surface area contributed by atoms with Crippen LogP contribution in [0.25, 0.3) is 5.69 Å². The van der Waals surface area contributed by atoms with E-state index in [0.29, 0.717) is 24.3 Å². The van der Waals surface area contributed by atoms with Crippen LogP contribution in [-0.4, -0.2) is 21.1 Å². The van der Waals surface area contributed by atoms with Gasteiger partial charge >= 0.3 is 11.7 Å². The maximum atomic E-state index is 13.6. The summed E-state index contributed by atoms with van der Waals surface area (Å²) in [6.07, 6.45) is 0. The van der Waals surface area contributed by atoms with Crippen LogP contribution in [0, 0.1) is 5.82 Å². The summed E-state index contributed by atoms with van der Waals surface area (Å²) in [4.78, 5) is 28.8. The maximum absolute atomic E-state index is 13.6. The second-order valence-electron chi connectivity index (χ2n) is 5.49. The highest BCUT2D eigenvalue weighted by Gasteiger charge is 2.16. The summed E-state index contributed by atoms with van der Waals surface area (Å²) in [7, 11) is 0. The predicted octanol–water partition coefficient (Wildman–Crippen LogP) is 2.61. The molecule has 2 rings (SSSR count). The Morgan fingerprint density at radius 3 is 2.67 bits per heavy atom. The molecule has 8 heteroatoms. The van der Waals surface area contributed by atoms with Gasteiger partial charge in [0.25, 0.3) is 0 Å².